The van der Waals surface area contributed by atoms with E-state index in [0.29, 0.717) is 36.3 Å². The summed E-state index contributed by atoms with van der Waals surface area (Å²) in [5.74, 6) is -0.179. The zero-order valence-corrected chi connectivity index (χ0v) is 19.0. The molecule has 174 valence electrons. The lowest BCUT2D eigenvalue weighted by Crippen LogP contribution is -2.40. The largest absolute Gasteiger partial charge is 0.355 e. The van der Waals surface area contributed by atoms with Gasteiger partial charge in [-0.15, -0.1) is 0 Å². The number of nitrogens with zero attached hydrogens (tertiary/aromatic N) is 2. The van der Waals surface area contributed by atoms with Crippen LogP contribution in [-0.2, 0) is 11.2 Å². The van der Waals surface area contributed by atoms with Gasteiger partial charge in [0, 0.05) is 55.0 Å². The van der Waals surface area contributed by atoms with E-state index in [0.717, 1.165) is 31.4 Å². The molecule has 5 nitrogen and oxygen atoms in total. The van der Waals surface area contributed by atoms with E-state index in [-0.39, 0.29) is 29.0 Å². The van der Waals surface area contributed by atoms with E-state index in [4.69, 9.17) is 0 Å². The van der Waals surface area contributed by atoms with Crippen LogP contribution in [-0.4, -0.2) is 41.3 Å². The van der Waals surface area contributed by atoms with Crippen molar-refractivity contribution in [2.45, 2.75) is 25.7 Å². The topological polar surface area (TPSA) is 62.3 Å². The molecule has 2 aromatic carbocycles. The number of carbonyl (C=O) groups is 2. The number of carbonyl (C=O) groups excluding carboxylic acids is 2. The molecule has 1 aromatic heterocycles. The Bertz CT molecular complexity index is 1190. The second kappa shape index (κ2) is 9.37. The van der Waals surface area contributed by atoms with E-state index in [1.165, 1.54) is 6.07 Å². The Labute approximate surface area is 199 Å². The van der Waals surface area contributed by atoms with E-state index < -0.39 is 0 Å². The Balaban J connectivity index is 1.15. The predicted octanol–water partition coefficient (Wildman–Crippen LogP) is 4.49. The van der Waals surface area contributed by atoms with Crippen molar-refractivity contribution >= 4 is 11.8 Å². The van der Waals surface area contributed by atoms with Gasteiger partial charge in [0.25, 0.3) is 5.91 Å². The van der Waals surface area contributed by atoms with Gasteiger partial charge in [0.1, 0.15) is 5.82 Å². The summed E-state index contributed by atoms with van der Waals surface area (Å²) in [6.45, 7) is 1.87. The molecule has 1 unspecified atom stereocenters. The standard InChI is InChI=1S/C28H28FN3O2/c29-25-10-2-1-9-23(25)20-6-5-7-21(18-20)27(34)32-16-12-28(13-17-32)19-24(28)26(33)31-15-11-22-8-3-4-14-30-22/h1-10,14,18,24H,11-13,15-17,19H2,(H,31,33). The van der Waals surface area contributed by atoms with Crippen molar-refractivity contribution in [1.82, 2.24) is 15.2 Å². The van der Waals surface area contributed by atoms with E-state index in [9.17, 15) is 14.0 Å². The van der Waals surface area contributed by atoms with Crippen molar-refractivity contribution in [1.29, 1.82) is 0 Å². The summed E-state index contributed by atoms with van der Waals surface area (Å²) < 4.78 is 14.2. The molecule has 2 fully saturated rings. The van der Waals surface area contributed by atoms with Crippen molar-refractivity contribution < 1.29 is 14.0 Å². The molecule has 0 bridgehead atoms. The number of halogens is 1. The van der Waals surface area contributed by atoms with Crippen LogP contribution in [0, 0.1) is 17.2 Å². The molecule has 1 atom stereocenters. The summed E-state index contributed by atoms with van der Waals surface area (Å²) >= 11 is 0. The highest BCUT2D eigenvalue weighted by molar-refractivity contribution is 5.95. The van der Waals surface area contributed by atoms with Gasteiger partial charge in [-0.2, -0.15) is 0 Å². The lowest BCUT2D eigenvalue weighted by atomic mass is 9.90. The lowest BCUT2D eigenvalue weighted by Gasteiger charge is -2.33. The molecule has 6 heteroatoms. The van der Waals surface area contributed by atoms with Crippen LogP contribution in [0.2, 0.25) is 0 Å². The van der Waals surface area contributed by atoms with Crippen LogP contribution in [0.25, 0.3) is 11.1 Å². The monoisotopic (exact) mass is 457 g/mol. The zero-order chi connectivity index (χ0) is 23.5. The van der Waals surface area contributed by atoms with Gasteiger partial charge in [-0.1, -0.05) is 36.4 Å². The number of piperidine rings is 1. The van der Waals surface area contributed by atoms with Crippen molar-refractivity contribution in [3.63, 3.8) is 0 Å². The van der Waals surface area contributed by atoms with Crippen LogP contribution >= 0.6 is 0 Å². The van der Waals surface area contributed by atoms with Crippen molar-refractivity contribution in [2.24, 2.45) is 11.3 Å². The van der Waals surface area contributed by atoms with Crippen molar-refractivity contribution in [2.75, 3.05) is 19.6 Å². The summed E-state index contributed by atoms with van der Waals surface area (Å²) in [5.41, 5.74) is 2.75. The SMILES string of the molecule is O=C(NCCc1ccccn1)C1CC12CCN(C(=O)c1cccc(-c3ccccc3F)c1)CC2. The number of nitrogens with one attached hydrogen (secondary N) is 1. The first-order valence-electron chi connectivity index (χ1n) is 11.9. The molecule has 1 aliphatic carbocycles. The number of hydrogen-bond acceptors (Lipinski definition) is 3. The van der Waals surface area contributed by atoms with Crippen LogP contribution in [0.15, 0.2) is 72.9 Å². The fraction of sp³-hybridized carbons (Fsp3) is 0.321. The average molecular weight is 458 g/mol. The molecule has 0 radical (unpaired) electrons. The zero-order valence-electron chi connectivity index (χ0n) is 19.0. The van der Waals surface area contributed by atoms with Gasteiger partial charge in [0.05, 0.1) is 0 Å². The Kier molecular flexibility index (Phi) is 6.14. The summed E-state index contributed by atoms with van der Waals surface area (Å²) in [6, 6.07) is 19.6. The molecule has 1 spiro atoms. The molecular formula is C28H28FN3O2. The van der Waals surface area contributed by atoms with E-state index in [1.807, 2.05) is 29.2 Å². The molecule has 34 heavy (non-hydrogen) atoms. The Hall–Kier alpha value is -3.54. The van der Waals surface area contributed by atoms with Crippen LogP contribution in [0.1, 0.15) is 35.3 Å². The second-order valence-electron chi connectivity index (χ2n) is 9.33. The van der Waals surface area contributed by atoms with Crippen molar-refractivity contribution in [3.8, 4) is 11.1 Å². The van der Waals surface area contributed by atoms with E-state index >= 15 is 0 Å². The Morgan fingerprint density at radius 1 is 1.03 bits per heavy atom. The maximum absolute atomic E-state index is 14.2. The van der Waals surface area contributed by atoms with Crippen LogP contribution in [0.5, 0.6) is 0 Å². The molecule has 1 saturated heterocycles. The van der Waals surface area contributed by atoms with Crippen LogP contribution in [0.3, 0.4) is 0 Å². The van der Waals surface area contributed by atoms with Gasteiger partial charge in [-0.05, 0) is 60.6 Å². The molecule has 1 saturated carbocycles. The van der Waals surface area contributed by atoms with Gasteiger partial charge in [-0.25, -0.2) is 4.39 Å². The number of aromatic nitrogens is 1. The summed E-state index contributed by atoms with van der Waals surface area (Å²) in [6.07, 6.45) is 5.06. The first-order chi connectivity index (χ1) is 16.6. The molecular weight excluding hydrogens is 429 g/mol. The summed E-state index contributed by atoms with van der Waals surface area (Å²) in [7, 11) is 0. The highest BCUT2D eigenvalue weighted by atomic mass is 19.1. The molecule has 2 aliphatic rings. The van der Waals surface area contributed by atoms with Crippen LogP contribution in [0.4, 0.5) is 4.39 Å². The Morgan fingerprint density at radius 2 is 1.82 bits per heavy atom. The minimum Gasteiger partial charge on any atom is -0.355 e. The normalized spacial score (nSPS) is 18.5. The number of benzene rings is 2. The number of likely N-dealkylation sites (tertiary alicyclic amines) is 1. The minimum atomic E-state index is -0.301. The maximum Gasteiger partial charge on any atom is 0.253 e. The third kappa shape index (κ3) is 4.58. The van der Waals surface area contributed by atoms with Gasteiger partial charge < -0.3 is 10.2 Å². The molecule has 1 N–H and O–H groups in total. The minimum absolute atomic E-state index is 0.0286. The fourth-order valence-corrected chi connectivity index (χ4v) is 5.11. The smallest absolute Gasteiger partial charge is 0.253 e. The molecule has 3 aromatic rings. The molecule has 2 amide bonds. The predicted molar refractivity (Wildman–Crippen MR) is 128 cm³/mol. The fourth-order valence-electron chi connectivity index (χ4n) is 5.11. The van der Waals surface area contributed by atoms with Crippen LogP contribution < -0.4 is 5.32 Å². The quantitative estimate of drug-likeness (QED) is 0.593. The Morgan fingerprint density at radius 3 is 2.59 bits per heavy atom. The van der Waals surface area contributed by atoms with Gasteiger partial charge in [0.15, 0.2) is 0 Å². The van der Waals surface area contributed by atoms with Gasteiger partial charge in [-0.3, -0.25) is 14.6 Å². The number of hydrogen-bond donors (Lipinski definition) is 1. The third-order valence-corrected chi connectivity index (χ3v) is 7.25. The highest BCUT2D eigenvalue weighted by Gasteiger charge is 2.58. The number of rotatable bonds is 6. The van der Waals surface area contributed by atoms with Gasteiger partial charge >= 0.3 is 0 Å². The average Bonchev–Trinajstić information content (AvgIpc) is 3.58. The molecule has 1 aliphatic heterocycles. The van der Waals surface area contributed by atoms with E-state index in [1.54, 1.807) is 42.6 Å². The first-order valence-corrected chi connectivity index (χ1v) is 11.9. The third-order valence-electron chi connectivity index (χ3n) is 7.25. The van der Waals surface area contributed by atoms with Gasteiger partial charge in [0.2, 0.25) is 5.91 Å². The summed E-state index contributed by atoms with van der Waals surface area (Å²) in [4.78, 5) is 32.0. The molecule has 5 rings (SSSR count). The molecule has 2 heterocycles. The number of pyridine rings is 1. The van der Waals surface area contributed by atoms with Crippen molar-refractivity contribution in [3.05, 3.63) is 90.0 Å². The van der Waals surface area contributed by atoms with E-state index in [2.05, 4.69) is 10.3 Å². The highest BCUT2D eigenvalue weighted by Crippen LogP contribution is 2.59. The lowest BCUT2D eigenvalue weighted by molar-refractivity contribution is -0.123. The second-order valence-corrected chi connectivity index (χ2v) is 9.33. The maximum atomic E-state index is 14.2. The number of amides is 2. The summed E-state index contributed by atoms with van der Waals surface area (Å²) in [5, 5.41) is 3.06. The first kappa shape index (κ1) is 22.3.